The van der Waals surface area contributed by atoms with Crippen LogP contribution in [0.5, 0.6) is 0 Å². The second-order valence-corrected chi connectivity index (χ2v) is 9.80. The van der Waals surface area contributed by atoms with Gasteiger partial charge in [0.25, 0.3) is 0 Å². The van der Waals surface area contributed by atoms with Gasteiger partial charge in [0.05, 0.1) is 12.0 Å². The SMILES string of the molecule is CCCCCCCCCCCCCCCCCCN=C(CCC(=O)OC(C)=O)OC(=O)c1ccccc1. The maximum Gasteiger partial charge on any atom is 0.344 e. The summed E-state index contributed by atoms with van der Waals surface area (Å²) in [6, 6.07) is 8.67. The Morgan fingerprint density at radius 1 is 0.649 bits per heavy atom. The molecule has 0 aliphatic heterocycles. The Balaban J connectivity index is 2.18. The van der Waals surface area contributed by atoms with E-state index in [1.165, 1.54) is 96.8 Å². The van der Waals surface area contributed by atoms with Gasteiger partial charge in [0.1, 0.15) is 0 Å². The van der Waals surface area contributed by atoms with E-state index in [9.17, 15) is 14.4 Å². The summed E-state index contributed by atoms with van der Waals surface area (Å²) in [5.74, 6) is -1.61. The third-order valence-electron chi connectivity index (χ3n) is 6.32. The zero-order chi connectivity index (χ0) is 27.0. The minimum atomic E-state index is -0.655. The minimum Gasteiger partial charge on any atom is -0.408 e. The van der Waals surface area contributed by atoms with Crippen molar-refractivity contribution >= 4 is 23.8 Å². The average molecular weight is 516 g/mol. The zero-order valence-electron chi connectivity index (χ0n) is 23.3. The van der Waals surface area contributed by atoms with Crippen molar-refractivity contribution in [2.75, 3.05) is 6.54 Å². The van der Waals surface area contributed by atoms with Crippen LogP contribution in [-0.2, 0) is 19.1 Å². The number of nitrogens with zero attached hydrogens (tertiary/aromatic N) is 1. The lowest BCUT2D eigenvalue weighted by molar-refractivity contribution is -0.157. The van der Waals surface area contributed by atoms with E-state index in [2.05, 4.69) is 16.7 Å². The van der Waals surface area contributed by atoms with E-state index >= 15 is 0 Å². The second-order valence-electron chi connectivity index (χ2n) is 9.80. The van der Waals surface area contributed by atoms with Crippen molar-refractivity contribution < 1.29 is 23.9 Å². The summed E-state index contributed by atoms with van der Waals surface area (Å²) >= 11 is 0. The van der Waals surface area contributed by atoms with Gasteiger partial charge < -0.3 is 9.47 Å². The summed E-state index contributed by atoms with van der Waals surface area (Å²) in [5.41, 5.74) is 0.420. The van der Waals surface area contributed by atoms with E-state index in [-0.39, 0.29) is 18.7 Å². The highest BCUT2D eigenvalue weighted by atomic mass is 16.6. The predicted octanol–water partition coefficient (Wildman–Crippen LogP) is 8.37. The maximum atomic E-state index is 12.4. The van der Waals surface area contributed by atoms with Gasteiger partial charge in [-0.1, -0.05) is 121 Å². The molecule has 0 saturated carbocycles. The van der Waals surface area contributed by atoms with Crippen molar-refractivity contribution in [3.63, 3.8) is 0 Å². The predicted molar refractivity (Wildman–Crippen MR) is 150 cm³/mol. The third kappa shape index (κ3) is 19.3. The molecule has 0 aliphatic rings. The monoisotopic (exact) mass is 515 g/mol. The van der Waals surface area contributed by atoms with Crippen LogP contribution in [0.2, 0.25) is 0 Å². The molecule has 0 amide bonds. The first-order chi connectivity index (χ1) is 18.0. The van der Waals surface area contributed by atoms with E-state index in [1.54, 1.807) is 24.3 Å². The molecule has 0 bridgehead atoms. The van der Waals surface area contributed by atoms with Crippen molar-refractivity contribution in [3.8, 4) is 0 Å². The standard InChI is InChI=1S/C31H49NO5/c1-3-4-5-6-7-8-9-10-11-12-13-14-15-16-17-21-26-32-29(24-25-30(34)36-27(2)33)37-31(35)28-22-19-18-20-23-28/h18-20,22-23H,3-17,21,24-26H2,1-2H3. The molecule has 1 rings (SSSR count). The molecular formula is C31H49NO5. The molecule has 6 heteroatoms. The Bertz CT molecular complexity index is 775. The molecule has 0 aliphatic carbocycles. The van der Waals surface area contributed by atoms with Crippen LogP contribution in [0.1, 0.15) is 140 Å². The lowest BCUT2D eigenvalue weighted by Crippen LogP contribution is -2.16. The van der Waals surface area contributed by atoms with Gasteiger partial charge in [-0.3, -0.25) is 14.6 Å². The van der Waals surface area contributed by atoms with Gasteiger partial charge in [0, 0.05) is 19.9 Å². The highest BCUT2D eigenvalue weighted by Gasteiger charge is 2.14. The molecule has 0 N–H and O–H groups in total. The lowest BCUT2D eigenvalue weighted by Gasteiger charge is -2.08. The number of ether oxygens (including phenoxy) is 2. The number of rotatable bonds is 21. The highest BCUT2D eigenvalue weighted by molar-refractivity contribution is 5.99. The number of carbonyl (C=O) groups is 3. The molecule has 0 radical (unpaired) electrons. The Morgan fingerprint density at radius 3 is 1.62 bits per heavy atom. The van der Waals surface area contributed by atoms with Crippen molar-refractivity contribution in [3.05, 3.63) is 35.9 Å². The quantitative estimate of drug-likeness (QED) is 0.0540. The summed E-state index contributed by atoms with van der Waals surface area (Å²) < 4.78 is 9.99. The van der Waals surface area contributed by atoms with Crippen molar-refractivity contribution in [1.29, 1.82) is 0 Å². The summed E-state index contributed by atoms with van der Waals surface area (Å²) in [7, 11) is 0. The van der Waals surface area contributed by atoms with Crippen LogP contribution in [0.3, 0.4) is 0 Å². The number of unbranched alkanes of at least 4 members (excludes halogenated alkanes) is 15. The van der Waals surface area contributed by atoms with E-state index in [1.807, 2.05) is 6.07 Å². The average Bonchev–Trinajstić information content (AvgIpc) is 2.89. The van der Waals surface area contributed by atoms with Crippen LogP contribution in [0.25, 0.3) is 0 Å². The molecule has 0 saturated heterocycles. The molecule has 0 atom stereocenters. The lowest BCUT2D eigenvalue weighted by atomic mass is 10.0. The van der Waals surface area contributed by atoms with E-state index in [0.29, 0.717) is 12.1 Å². The molecule has 0 fully saturated rings. The summed E-state index contributed by atoms with van der Waals surface area (Å²) in [5, 5.41) is 0. The molecule has 0 spiro atoms. The topological polar surface area (TPSA) is 82.0 Å². The summed E-state index contributed by atoms with van der Waals surface area (Å²) in [6.45, 7) is 3.99. The fraction of sp³-hybridized carbons (Fsp3) is 0.677. The number of esters is 3. The molecule has 0 aromatic heterocycles. The van der Waals surface area contributed by atoms with Gasteiger partial charge in [-0.25, -0.2) is 4.79 Å². The van der Waals surface area contributed by atoms with Gasteiger partial charge in [-0.15, -0.1) is 0 Å². The Kier molecular flexibility index (Phi) is 19.9. The largest absolute Gasteiger partial charge is 0.408 e. The molecule has 37 heavy (non-hydrogen) atoms. The van der Waals surface area contributed by atoms with Crippen molar-refractivity contribution in [2.24, 2.45) is 4.99 Å². The Hall–Kier alpha value is -2.50. The van der Waals surface area contributed by atoms with Gasteiger partial charge in [-0.2, -0.15) is 0 Å². The third-order valence-corrected chi connectivity index (χ3v) is 6.32. The molecular weight excluding hydrogens is 466 g/mol. The first-order valence-electron chi connectivity index (χ1n) is 14.5. The number of hydrogen-bond acceptors (Lipinski definition) is 6. The number of hydrogen-bond donors (Lipinski definition) is 0. The second kappa shape index (κ2) is 22.7. The number of aliphatic imine (C=N–C) groups is 1. The Morgan fingerprint density at radius 2 is 1.14 bits per heavy atom. The molecule has 6 nitrogen and oxygen atoms in total. The molecule has 1 aromatic rings. The van der Waals surface area contributed by atoms with Gasteiger partial charge in [0.15, 0.2) is 5.90 Å². The fourth-order valence-corrected chi connectivity index (χ4v) is 4.19. The van der Waals surface area contributed by atoms with Crippen LogP contribution in [0.15, 0.2) is 35.3 Å². The van der Waals surface area contributed by atoms with Gasteiger partial charge in [-0.05, 0) is 18.6 Å². The van der Waals surface area contributed by atoms with Crippen LogP contribution in [-0.4, -0.2) is 30.4 Å². The van der Waals surface area contributed by atoms with E-state index in [0.717, 1.165) is 12.8 Å². The normalized spacial score (nSPS) is 11.4. The van der Waals surface area contributed by atoms with Gasteiger partial charge in [0.2, 0.25) is 0 Å². The van der Waals surface area contributed by atoms with Crippen molar-refractivity contribution in [2.45, 2.75) is 129 Å². The minimum absolute atomic E-state index is 0.0700. The van der Waals surface area contributed by atoms with E-state index < -0.39 is 17.9 Å². The van der Waals surface area contributed by atoms with Crippen LogP contribution < -0.4 is 0 Å². The Labute approximate surface area is 224 Å². The first-order valence-corrected chi connectivity index (χ1v) is 14.5. The molecule has 0 unspecified atom stereocenters. The smallest absolute Gasteiger partial charge is 0.344 e. The summed E-state index contributed by atoms with van der Waals surface area (Å²) in [4.78, 5) is 39.5. The zero-order valence-corrected chi connectivity index (χ0v) is 23.3. The summed E-state index contributed by atoms with van der Waals surface area (Å²) in [6.07, 6.45) is 20.9. The van der Waals surface area contributed by atoms with Crippen LogP contribution in [0, 0.1) is 0 Å². The van der Waals surface area contributed by atoms with E-state index in [4.69, 9.17) is 4.74 Å². The van der Waals surface area contributed by atoms with Crippen LogP contribution in [0.4, 0.5) is 0 Å². The van der Waals surface area contributed by atoms with Gasteiger partial charge >= 0.3 is 17.9 Å². The number of benzene rings is 1. The highest BCUT2D eigenvalue weighted by Crippen LogP contribution is 2.14. The molecule has 0 heterocycles. The van der Waals surface area contributed by atoms with Crippen LogP contribution >= 0.6 is 0 Å². The van der Waals surface area contributed by atoms with Crippen molar-refractivity contribution in [1.82, 2.24) is 0 Å². The number of carbonyl (C=O) groups excluding carboxylic acids is 3. The molecule has 1 aromatic carbocycles. The maximum absolute atomic E-state index is 12.4. The first kappa shape index (κ1) is 32.5. The fourth-order valence-electron chi connectivity index (χ4n) is 4.19. The molecule has 208 valence electrons.